The van der Waals surface area contributed by atoms with Crippen LogP contribution in [0.3, 0.4) is 0 Å². The normalized spacial score (nSPS) is 27.1. The van der Waals surface area contributed by atoms with E-state index in [0.29, 0.717) is 6.42 Å². The minimum absolute atomic E-state index is 0.0953. The van der Waals surface area contributed by atoms with Gasteiger partial charge in [-0.1, -0.05) is 18.2 Å². The van der Waals surface area contributed by atoms with E-state index < -0.39 is 16.1 Å². The Bertz CT molecular complexity index is 649. The van der Waals surface area contributed by atoms with E-state index in [-0.39, 0.29) is 29.6 Å². The van der Waals surface area contributed by atoms with Crippen LogP contribution in [-0.2, 0) is 14.8 Å². The lowest BCUT2D eigenvalue weighted by Gasteiger charge is -2.32. The Morgan fingerprint density at radius 1 is 1.36 bits per heavy atom. The van der Waals surface area contributed by atoms with Gasteiger partial charge >= 0.3 is 6.09 Å². The zero-order chi connectivity index (χ0) is 15.7. The number of nitrogens with zero attached hydrogens (tertiary/aromatic N) is 1. The van der Waals surface area contributed by atoms with Crippen LogP contribution >= 0.6 is 0 Å². The van der Waals surface area contributed by atoms with Gasteiger partial charge in [0, 0.05) is 12.1 Å². The number of ether oxygens (including phenoxy) is 1. The maximum atomic E-state index is 12.4. The first-order chi connectivity index (χ1) is 10.5. The highest BCUT2D eigenvalue weighted by atomic mass is 32.2. The molecule has 1 aromatic carbocycles. The van der Waals surface area contributed by atoms with Gasteiger partial charge in [0.1, 0.15) is 0 Å². The van der Waals surface area contributed by atoms with Gasteiger partial charge in [0.2, 0.25) is 10.0 Å². The van der Waals surface area contributed by atoms with Crippen molar-refractivity contribution in [3.05, 3.63) is 30.3 Å². The predicted molar refractivity (Wildman–Crippen MR) is 79.4 cm³/mol. The second kappa shape index (κ2) is 5.86. The van der Waals surface area contributed by atoms with Crippen molar-refractivity contribution in [1.29, 1.82) is 0 Å². The lowest BCUT2D eigenvalue weighted by molar-refractivity contribution is 0.0658. The van der Waals surface area contributed by atoms with Gasteiger partial charge in [-0.05, 0) is 31.9 Å². The largest absolute Gasteiger partial charge is 0.449 e. The second-order valence-electron chi connectivity index (χ2n) is 5.47. The fourth-order valence-corrected chi connectivity index (χ4v) is 4.38. The SMILES string of the molecule is CCOC(=O)N1NC2CC(NS(=O)(=O)c3ccccc3)C1C2. The van der Waals surface area contributed by atoms with Crippen molar-refractivity contribution in [2.75, 3.05) is 6.61 Å². The average Bonchev–Trinajstić information content (AvgIpc) is 3.08. The van der Waals surface area contributed by atoms with Crippen LogP contribution in [0.1, 0.15) is 19.8 Å². The molecule has 1 aromatic rings. The van der Waals surface area contributed by atoms with E-state index in [9.17, 15) is 13.2 Å². The molecule has 1 saturated carbocycles. The van der Waals surface area contributed by atoms with Gasteiger partial charge in [-0.15, -0.1) is 0 Å². The molecule has 0 radical (unpaired) electrons. The van der Waals surface area contributed by atoms with Crippen LogP contribution in [-0.4, -0.2) is 44.3 Å². The van der Waals surface area contributed by atoms with E-state index in [2.05, 4.69) is 10.1 Å². The Balaban J connectivity index is 1.73. The Kier molecular flexibility index (Phi) is 4.07. The van der Waals surface area contributed by atoms with Crippen molar-refractivity contribution >= 4 is 16.1 Å². The highest BCUT2D eigenvalue weighted by Crippen LogP contribution is 2.32. The average molecular weight is 325 g/mol. The fraction of sp³-hybridized carbons (Fsp3) is 0.500. The monoisotopic (exact) mass is 325 g/mol. The smallest absolute Gasteiger partial charge is 0.424 e. The number of rotatable bonds is 4. The molecular formula is C14H19N3O4S. The quantitative estimate of drug-likeness (QED) is 0.856. The molecule has 2 aliphatic rings. The van der Waals surface area contributed by atoms with Crippen LogP contribution < -0.4 is 10.1 Å². The summed E-state index contributed by atoms with van der Waals surface area (Å²) in [5, 5.41) is 1.41. The van der Waals surface area contributed by atoms with Crippen molar-refractivity contribution in [1.82, 2.24) is 15.2 Å². The summed E-state index contributed by atoms with van der Waals surface area (Å²) in [4.78, 5) is 12.1. The van der Waals surface area contributed by atoms with Crippen LogP contribution in [0.4, 0.5) is 4.79 Å². The van der Waals surface area contributed by atoms with Gasteiger partial charge in [0.15, 0.2) is 0 Å². The van der Waals surface area contributed by atoms with E-state index in [1.807, 2.05) is 0 Å². The van der Waals surface area contributed by atoms with Gasteiger partial charge in [-0.2, -0.15) is 0 Å². The zero-order valence-corrected chi connectivity index (χ0v) is 13.0. The summed E-state index contributed by atoms with van der Waals surface area (Å²) >= 11 is 0. The van der Waals surface area contributed by atoms with Crippen LogP contribution in [0.5, 0.6) is 0 Å². The molecule has 3 unspecified atom stereocenters. The van der Waals surface area contributed by atoms with E-state index in [1.165, 1.54) is 5.01 Å². The van der Waals surface area contributed by atoms with Crippen LogP contribution in [0.2, 0.25) is 0 Å². The Morgan fingerprint density at radius 3 is 2.73 bits per heavy atom. The first-order valence-electron chi connectivity index (χ1n) is 7.31. The molecule has 1 aliphatic carbocycles. The number of hydrazine groups is 1. The lowest BCUT2D eigenvalue weighted by atomic mass is 10.2. The molecule has 120 valence electrons. The summed E-state index contributed by atoms with van der Waals surface area (Å²) in [6.45, 7) is 2.02. The minimum Gasteiger partial charge on any atom is -0.449 e. The molecule has 3 rings (SSSR count). The van der Waals surface area contributed by atoms with Crippen LogP contribution in [0.15, 0.2) is 35.2 Å². The van der Waals surface area contributed by atoms with Gasteiger partial charge in [0.25, 0.3) is 0 Å². The van der Waals surface area contributed by atoms with Crippen LogP contribution in [0, 0.1) is 0 Å². The standard InChI is InChI=1S/C14H19N3O4S/c1-2-21-14(18)17-13-9-10(15-17)8-12(13)16-22(19,20)11-6-4-3-5-7-11/h3-7,10,12-13,15-16H,2,8-9H2,1H3. The summed E-state index contributed by atoms with van der Waals surface area (Å²) in [6.07, 6.45) is 0.923. The number of sulfonamides is 1. The molecule has 1 heterocycles. The second-order valence-corrected chi connectivity index (χ2v) is 7.19. The van der Waals surface area contributed by atoms with Gasteiger partial charge in [0.05, 0.1) is 17.5 Å². The van der Waals surface area contributed by atoms with Crippen LogP contribution in [0.25, 0.3) is 0 Å². The molecule has 0 aromatic heterocycles. The number of carbonyl (C=O) groups excluding carboxylic acids is 1. The number of amides is 1. The third-order valence-electron chi connectivity index (χ3n) is 4.01. The number of carbonyl (C=O) groups is 1. The Morgan fingerprint density at radius 2 is 2.09 bits per heavy atom. The highest BCUT2D eigenvalue weighted by Gasteiger charge is 2.48. The Hall–Kier alpha value is -1.64. The van der Waals surface area contributed by atoms with E-state index in [4.69, 9.17) is 4.74 Å². The topological polar surface area (TPSA) is 87.7 Å². The molecule has 22 heavy (non-hydrogen) atoms. The maximum Gasteiger partial charge on any atom is 0.424 e. The van der Waals surface area contributed by atoms with Crippen molar-refractivity contribution in [2.24, 2.45) is 0 Å². The molecule has 2 fully saturated rings. The number of benzene rings is 1. The van der Waals surface area contributed by atoms with E-state index >= 15 is 0 Å². The molecular weight excluding hydrogens is 306 g/mol. The molecule has 0 spiro atoms. The highest BCUT2D eigenvalue weighted by molar-refractivity contribution is 7.89. The number of nitrogens with one attached hydrogen (secondary N) is 2. The van der Waals surface area contributed by atoms with Gasteiger partial charge < -0.3 is 4.74 Å². The molecule has 1 amide bonds. The lowest BCUT2D eigenvalue weighted by Crippen LogP contribution is -2.57. The molecule has 1 saturated heterocycles. The molecule has 3 atom stereocenters. The van der Waals surface area contributed by atoms with E-state index in [1.54, 1.807) is 37.3 Å². The summed E-state index contributed by atoms with van der Waals surface area (Å²) in [5.41, 5.74) is 3.05. The Labute approximate surface area is 129 Å². The van der Waals surface area contributed by atoms with Gasteiger partial charge in [-0.3, -0.25) is 0 Å². The molecule has 7 nitrogen and oxygen atoms in total. The number of hydrogen-bond acceptors (Lipinski definition) is 5. The maximum absolute atomic E-state index is 12.4. The third kappa shape index (κ3) is 2.81. The summed E-state index contributed by atoms with van der Waals surface area (Å²) < 4.78 is 32.5. The first-order valence-corrected chi connectivity index (χ1v) is 8.79. The minimum atomic E-state index is -3.58. The van der Waals surface area contributed by atoms with Crippen molar-refractivity contribution in [2.45, 2.75) is 42.8 Å². The summed E-state index contributed by atoms with van der Waals surface area (Å²) in [5.74, 6) is 0. The third-order valence-corrected chi connectivity index (χ3v) is 5.51. The van der Waals surface area contributed by atoms with Crippen molar-refractivity contribution in [3.8, 4) is 0 Å². The van der Waals surface area contributed by atoms with Crippen molar-refractivity contribution in [3.63, 3.8) is 0 Å². The van der Waals surface area contributed by atoms with Gasteiger partial charge in [-0.25, -0.2) is 28.4 Å². The number of fused-ring (bicyclic) bond motifs is 2. The first kappa shape index (κ1) is 15.3. The van der Waals surface area contributed by atoms with Crippen molar-refractivity contribution < 1.29 is 17.9 Å². The molecule has 1 aliphatic heterocycles. The molecule has 2 N–H and O–H groups in total. The molecule has 8 heteroatoms. The summed E-state index contributed by atoms with van der Waals surface area (Å²) in [7, 11) is -3.58. The van der Waals surface area contributed by atoms with E-state index in [0.717, 1.165) is 6.42 Å². The molecule has 2 bridgehead atoms. The predicted octanol–water partition coefficient (Wildman–Crippen LogP) is 0.841. The fourth-order valence-electron chi connectivity index (χ4n) is 3.07. The zero-order valence-electron chi connectivity index (χ0n) is 12.2. The number of hydrogen-bond donors (Lipinski definition) is 2. The summed E-state index contributed by atoms with van der Waals surface area (Å²) in [6, 6.07) is 7.81.